The van der Waals surface area contributed by atoms with Gasteiger partial charge in [0.25, 0.3) is 5.89 Å². The van der Waals surface area contributed by atoms with E-state index >= 15 is 0 Å². The minimum absolute atomic E-state index is 0.522. The van der Waals surface area contributed by atoms with Crippen LogP contribution in [0.2, 0.25) is 0 Å². The van der Waals surface area contributed by atoms with Gasteiger partial charge in [-0.1, -0.05) is 24.2 Å². The summed E-state index contributed by atoms with van der Waals surface area (Å²) in [6.07, 6.45) is 7.78. The number of hydrogen-bond acceptors (Lipinski definition) is 6. The molecule has 1 fully saturated rings. The molecule has 0 N–H and O–H groups in total. The molecule has 31 heavy (non-hydrogen) atoms. The molecule has 3 heterocycles. The van der Waals surface area contributed by atoms with Crippen LogP contribution in [-0.4, -0.2) is 36.1 Å². The maximum atomic E-state index is 5.63. The van der Waals surface area contributed by atoms with Gasteiger partial charge in [0.05, 0.1) is 12.3 Å². The van der Waals surface area contributed by atoms with Crippen LogP contribution in [0.25, 0.3) is 22.8 Å². The average molecular weight is 417 g/mol. The highest BCUT2D eigenvalue weighted by atomic mass is 16.5. The van der Waals surface area contributed by atoms with Crippen molar-refractivity contribution in [1.29, 1.82) is 0 Å². The largest absolute Gasteiger partial charge is 0.380 e. The summed E-state index contributed by atoms with van der Waals surface area (Å²) < 4.78 is 11.2. The average Bonchev–Trinajstić information content (AvgIpc) is 3.48. The molecule has 1 atom stereocenters. The maximum Gasteiger partial charge on any atom is 0.258 e. The molecule has 2 aliphatic heterocycles. The first kappa shape index (κ1) is 19.9. The molecule has 1 unspecified atom stereocenters. The zero-order valence-corrected chi connectivity index (χ0v) is 18.2. The van der Waals surface area contributed by atoms with E-state index in [4.69, 9.17) is 9.26 Å². The molecule has 5 rings (SSSR count). The minimum atomic E-state index is 0.522. The number of piperidine rings is 1. The van der Waals surface area contributed by atoms with Gasteiger partial charge in [-0.15, -0.1) is 0 Å². The first-order valence-corrected chi connectivity index (χ1v) is 11.1. The summed E-state index contributed by atoms with van der Waals surface area (Å²) in [6.45, 7) is 3.93. The summed E-state index contributed by atoms with van der Waals surface area (Å²) in [6, 6.07) is 13.1. The molecule has 0 radical (unpaired) electrons. The number of rotatable bonds is 6. The molecule has 0 spiro atoms. The second kappa shape index (κ2) is 8.63. The Labute approximate surface area is 183 Å². The fourth-order valence-electron chi connectivity index (χ4n) is 4.71. The molecule has 3 aromatic rings. The van der Waals surface area contributed by atoms with Crippen molar-refractivity contribution < 1.29 is 9.26 Å². The van der Waals surface area contributed by atoms with Crippen LogP contribution in [0.15, 0.2) is 45.9 Å². The lowest BCUT2D eigenvalue weighted by molar-refractivity contribution is 0.185. The second-order valence-electron chi connectivity index (χ2n) is 8.31. The van der Waals surface area contributed by atoms with Crippen LogP contribution in [0.1, 0.15) is 43.7 Å². The Morgan fingerprint density at radius 3 is 2.90 bits per heavy atom. The molecule has 0 bridgehead atoms. The van der Waals surface area contributed by atoms with Crippen molar-refractivity contribution in [3.05, 3.63) is 47.5 Å². The number of ether oxygens (including phenoxy) is 1. The molecule has 0 saturated carbocycles. The lowest BCUT2D eigenvalue weighted by Crippen LogP contribution is -2.39. The minimum Gasteiger partial charge on any atom is -0.380 e. The zero-order valence-electron chi connectivity index (χ0n) is 18.2. The van der Waals surface area contributed by atoms with Gasteiger partial charge in [0.15, 0.2) is 0 Å². The smallest absolute Gasteiger partial charge is 0.258 e. The highest BCUT2D eigenvalue weighted by molar-refractivity contribution is 5.78. The Hall–Kier alpha value is -2.99. The third kappa shape index (κ3) is 3.88. The number of aliphatic imine (C=N–C) groups is 1. The van der Waals surface area contributed by atoms with Gasteiger partial charge in [0.2, 0.25) is 5.82 Å². The van der Waals surface area contributed by atoms with Crippen LogP contribution in [-0.2, 0) is 17.8 Å². The molecular weight excluding hydrogens is 388 g/mol. The molecule has 0 amide bonds. The maximum absolute atomic E-state index is 5.63. The number of aromatic nitrogens is 2. The third-order valence-electron chi connectivity index (χ3n) is 6.35. The van der Waals surface area contributed by atoms with Crippen LogP contribution in [0, 0.1) is 0 Å². The summed E-state index contributed by atoms with van der Waals surface area (Å²) in [5.74, 6) is 1.10. The van der Waals surface area contributed by atoms with Crippen molar-refractivity contribution in [2.45, 2.75) is 51.7 Å². The summed E-state index contributed by atoms with van der Waals surface area (Å²) in [7, 11) is 1.74. The number of hydrogen-bond donors (Lipinski definition) is 0. The molecule has 1 saturated heterocycles. The van der Waals surface area contributed by atoms with Gasteiger partial charge in [0, 0.05) is 54.7 Å². The van der Waals surface area contributed by atoms with Crippen molar-refractivity contribution in [2.75, 3.05) is 18.6 Å². The third-order valence-corrected chi connectivity index (χ3v) is 6.35. The molecule has 2 aromatic carbocycles. The molecule has 1 aromatic heterocycles. The lowest BCUT2D eigenvalue weighted by atomic mass is 9.97. The normalized spacial score (nSPS) is 17.9. The Balaban J connectivity index is 1.45. The summed E-state index contributed by atoms with van der Waals surface area (Å²) in [4.78, 5) is 11.6. The van der Waals surface area contributed by atoms with Crippen LogP contribution in [0.4, 0.5) is 11.4 Å². The van der Waals surface area contributed by atoms with Crippen LogP contribution < -0.4 is 4.90 Å². The number of nitrogens with zero attached hydrogens (tertiary/aromatic N) is 4. The van der Waals surface area contributed by atoms with Gasteiger partial charge in [-0.05, 0) is 55.5 Å². The predicted molar refractivity (Wildman–Crippen MR) is 123 cm³/mol. The Bertz CT molecular complexity index is 1100. The first-order valence-electron chi connectivity index (χ1n) is 11.1. The molecule has 6 heteroatoms. The van der Waals surface area contributed by atoms with Crippen molar-refractivity contribution >= 4 is 17.6 Å². The first-order chi connectivity index (χ1) is 15.3. The second-order valence-corrected chi connectivity index (χ2v) is 8.31. The van der Waals surface area contributed by atoms with Gasteiger partial charge in [0.1, 0.15) is 0 Å². The summed E-state index contributed by atoms with van der Waals surface area (Å²) in [5.41, 5.74) is 6.47. The Morgan fingerprint density at radius 1 is 1.13 bits per heavy atom. The molecule has 6 nitrogen and oxygen atoms in total. The lowest BCUT2D eigenvalue weighted by Gasteiger charge is -2.38. The Morgan fingerprint density at radius 2 is 2.03 bits per heavy atom. The highest BCUT2D eigenvalue weighted by Gasteiger charge is 2.24. The number of methoxy groups -OCH3 is 1. The Kier molecular flexibility index (Phi) is 5.55. The van der Waals surface area contributed by atoms with E-state index in [1.165, 1.54) is 30.5 Å². The molecule has 160 valence electrons. The summed E-state index contributed by atoms with van der Waals surface area (Å²) >= 11 is 0. The molecule has 2 aliphatic rings. The molecular formula is C25H28N4O2. The van der Waals surface area contributed by atoms with Crippen LogP contribution in [0.5, 0.6) is 0 Å². The van der Waals surface area contributed by atoms with E-state index in [1.807, 2.05) is 18.3 Å². The zero-order chi connectivity index (χ0) is 21.2. The van der Waals surface area contributed by atoms with E-state index in [0.717, 1.165) is 41.8 Å². The monoisotopic (exact) mass is 416 g/mol. The highest BCUT2D eigenvalue weighted by Crippen LogP contribution is 2.34. The van der Waals surface area contributed by atoms with E-state index in [0.29, 0.717) is 24.4 Å². The fourth-order valence-corrected chi connectivity index (χ4v) is 4.71. The van der Waals surface area contributed by atoms with Gasteiger partial charge in [-0.3, -0.25) is 4.99 Å². The van der Waals surface area contributed by atoms with E-state index in [9.17, 15) is 0 Å². The van der Waals surface area contributed by atoms with E-state index in [-0.39, 0.29) is 0 Å². The number of benzene rings is 2. The number of anilines is 1. The van der Waals surface area contributed by atoms with Gasteiger partial charge in [-0.25, -0.2) is 0 Å². The fraction of sp³-hybridized carbons (Fsp3) is 0.400. The van der Waals surface area contributed by atoms with Crippen molar-refractivity contribution in [1.82, 2.24) is 10.1 Å². The quantitative estimate of drug-likeness (QED) is 0.525. The predicted octanol–water partition coefficient (Wildman–Crippen LogP) is 5.58. The number of fused-ring (bicyclic) bond motifs is 1. The van der Waals surface area contributed by atoms with Gasteiger partial charge in [-0.2, -0.15) is 4.98 Å². The molecule has 0 aliphatic carbocycles. The standard InChI is InChI=1S/C25H28N4O2/c1-3-21-6-4-5-13-29(21)23-10-9-19(14-20(23)16-30-2)25-27-24(28-31-25)18-8-7-17-11-12-26-22(17)15-18/h7-10,12,14-15,21H,3-6,11,13,16H2,1-2H3. The topological polar surface area (TPSA) is 63.8 Å². The van der Waals surface area contributed by atoms with Crippen LogP contribution in [0.3, 0.4) is 0 Å². The van der Waals surface area contributed by atoms with Gasteiger partial charge < -0.3 is 14.2 Å². The van der Waals surface area contributed by atoms with Crippen molar-refractivity contribution in [3.63, 3.8) is 0 Å². The van der Waals surface area contributed by atoms with E-state index in [2.05, 4.69) is 51.2 Å². The van der Waals surface area contributed by atoms with Crippen molar-refractivity contribution in [3.8, 4) is 22.8 Å². The van der Waals surface area contributed by atoms with E-state index in [1.54, 1.807) is 7.11 Å². The van der Waals surface area contributed by atoms with Gasteiger partial charge >= 0.3 is 0 Å². The van der Waals surface area contributed by atoms with E-state index < -0.39 is 0 Å². The van der Waals surface area contributed by atoms with Crippen LogP contribution >= 0.6 is 0 Å². The summed E-state index contributed by atoms with van der Waals surface area (Å²) in [5, 5.41) is 4.22. The van der Waals surface area contributed by atoms with Crippen molar-refractivity contribution in [2.24, 2.45) is 4.99 Å². The SMILES string of the molecule is CCC1CCCCN1c1ccc(-c2nc(-c3ccc4c(c3)N=CC4)no2)cc1COC.